The Kier molecular flexibility index (Phi) is 5.08. The SMILES string of the molecule is CCOc1ccc(CNC(=O)CO)cc1Cl. The van der Waals surface area contributed by atoms with Crippen LogP contribution in [0.5, 0.6) is 5.75 Å². The fourth-order valence-electron chi connectivity index (χ4n) is 1.18. The van der Waals surface area contributed by atoms with Crippen LogP contribution in [0.1, 0.15) is 12.5 Å². The van der Waals surface area contributed by atoms with Gasteiger partial charge in [0.15, 0.2) is 0 Å². The number of hydrogen-bond donors (Lipinski definition) is 2. The van der Waals surface area contributed by atoms with Crippen LogP contribution in [-0.4, -0.2) is 24.2 Å². The van der Waals surface area contributed by atoms with Gasteiger partial charge in [0.05, 0.1) is 11.6 Å². The molecule has 1 aromatic rings. The van der Waals surface area contributed by atoms with Gasteiger partial charge in [-0.1, -0.05) is 17.7 Å². The van der Waals surface area contributed by atoms with Crippen molar-refractivity contribution in [1.29, 1.82) is 0 Å². The lowest BCUT2D eigenvalue weighted by Crippen LogP contribution is -2.25. The summed E-state index contributed by atoms with van der Waals surface area (Å²) in [6.07, 6.45) is 0. The van der Waals surface area contributed by atoms with E-state index in [4.69, 9.17) is 21.4 Å². The average molecular weight is 244 g/mol. The second kappa shape index (κ2) is 6.35. The first kappa shape index (κ1) is 12.8. The molecule has 0 saturated carbocycles. The first-order valence-electron chi connectivity index (χ1n) is 4.96. The fourth-order valence-corrected chi connectivity index (χ4v) is 1.44. The predicted molar refractivity (Wildman–Crippen MR) is 61.6 cm³/mol. The Hall–Kier alpha value is -1.26. The molecule has 16 heavy (non-hydrogen) atoms. The van der Waals surface area contributed by atoms with Crippen molar-refractivity contribution in [3.8, 4) is 5.75 Å². The van der Waals surface area contributed by atoms with Gasteiger partial charge >= 0.3 is 0 Å². The number of amides is 1. The molecule has 0 aliphatic carbocycles. The van der Waals surface area contributed by atoms with Gasteiger partial charge in [-0.2, -0.15) is 0 Å². The Labute approximate surface area is 99.2 Å². The van der Waals surface area contributed by atoms with Gasteiger partial charge in [-0.05, 0) is 24.6 Å². The molecule has 4 nitrogen and oxygen atoms in total. The number of benzene rings is 1. The lowest BCUT2D eigenvalue weighted by atomic mass is 10.2. The quantitative estimate of drug-likeness (QED) is 0.821. The van der Waals surface area contributed by atoms with Crippen LogP contribution in [0.2, 0.25) is 5.02 Å². The van der Waals surface area contributed by atoms with E-state index in [0.29, 0.717) is 23.9 Å². The van der Waals surface area contributed by atoms with Crippen LogP contribution in [0.15, 0.2) is 18.2 Å². The molecule has 0 bridgehead atoms. The maximum absolute atomic E-state index is 10.8. The summed E-state index contributed by atoms with van der Waals surface area (Å²) in [6, 6.07) is 5.30. The topological polar surface area (TPSA) is 58.6 Å². The summed E-state index contributed by atoms with van der Waals surface area (Å²) in [5, 5.41) is 11.6. The van der Waals surface area contributed by atoms with Crippen LogP contribution < -0.4 is 10.1 Å². The van der Waals surface area contributed by atoms with E-state index in [1.54, 1.807) is 12.1 Å². The van der Waals surface area contributed by atoms with Crippen molar-refractivity contribution in [2.45, 2.75) is 13.5 Å². The van der Waals surface area contributed by atoms with E-state index in [1.807, 2.05) is 13.0 Å². The second-order valence-corrected chi connectivity index (χ2v) is 3.54. The highest BCUT2D eigenvalue weighted by Crippen LogP contribution is 2.25. The number of nitrogens with one attached hydrogen (secondary N) is 1. The maximum Gasteiger partial charge on any atom is 0.245 e. The summed E-state index contributed by atoms with van der Waals surface area (Å²) in [5.41, 5.74) is 0.857. The summed E-state index contributed by atoms with van der Waals surface area (Å²) in [4.78, 5) is 10.8. The van der Waals surface area contributed by atoms with Gasteiger partial charge < -0.3 is 15.2 Å². The number of aliphatic hydroxyl groups excluding tert-OH is 1. The van der Waals surface area contributed by atoms with E-state index in [-0.39, 0.29) is 0 Å². The van der Waals surface area contributed by atoms with Crippen molar-refractivity contribution >= 4 is 17.5 Å². The van der Waals surface area contributed by atoms with Crippen molar-refractivity contribution in [2.24, 2.45) is 0 Å². The van der Waals surface area contributed by atoms with Crippen LogP contribution in [0, 0.1) is 0 Å². The molecule has 1 amide bonds. The molecule has 0 radical (unpaired) electrons. The van der Waals surface area contributed by atoms with Gasteiger partial charge in [0.2, 0.25) is 5.91 Å². The van der Waals surface area contributed by atoms with E-state index in [9.17, 15) is 4.79 Å². The zero-order valence-electron chi connectivity index (χ0n) is 9.00. The van der Waals surface area contributed by atoms with E-state index < -0.39 is 12.5 Å². The van der Waals surface area contributed by atoms with E-state index in [2.05, 4.69) is 5.32 Å². The third-order valence-electron chi connectivity index (χ3n) is 1.93. The number of carbonyl (C=O) groups is 1. The maximum atomic E-state index is 10.8. The smallest absolute Gasteiger partial charge is 0.245 e. The molecule has 0 heterocycles. The zero-order valence-corrected chi connectivity index (χ0v) is 9.75. The largest absolute Gasteiger partial charge is 0.492 e. The van der Waals surface area contributed by atoms with Crippen LogP contribution in [0.4, 0.5) is 0 Å². The van der Waals surface area contributed by atoms with Gasteiger partial charge in [0, 0.05) is 6.54 Å². The van der Waals surface area contributed by atoms with Crippen molar-refractivity contribution in [3.63, 3.8) is 0 Å². The summed E-state index contributed by atoms with van der Waals surface area (Å²) < 4.78 is 5.28. The molecule has 88 valence electrons. The molecule has 1 aromatic carbocycles. The highest BCUT2D eigenvalue weighted by atomic mass is 35.5. The van der Waals surface area contributed by atoms with Gasteiger partial charge in [-0.25, -0.2) is 0 Å². The third-order valence-corrected chi connectivity index (χ3v) is 2.22. The minimum atomic E-state index is -0.509. The van der Waals surface area contributed by atoms with Crippen molar-refractivity contribution in [1.82, 2.24) is 5.32 Å². The molecule has 0 saturated heterocycles. The highest BCUT2D eigenvalue weighted by molar-refractivity contribution is 6.32. The Morgan fingerprint density at radius 3 is 2.88 bits per heavy atom. The Morgan fingerprint density at radius 2 is 2.31 bits per heavy atom. The van der Waals surface area contributed by atoms with Crippen LogP contribution in [-0.2, 0) is 11.3 Å². The Morgan fingerprint density at radius 1 is 1.56 bits per heavy atom. The lowest BCUT2D eigenvalue weighted by Gasteiger charge is -2.08. The van der Waals surface area contributed by atoms with Gasteiger partial charge in [-0.3, -0.25) is 4.79 Å². The van der Waals surface area contributed by atoms with Crippen LogP contribution in [0.25, 0.3) is 0 Å². The van der Waals surface area contributed by atoms with Crippen LogP contribution in [0.3, 0.4) is 0 Å². The highest BCUT2D eigenvalue weighted by Gasteiger charge is 2.03. The molecular weight excluding hydrogens is 230 g/mol. The first-order valence-corrected chi connectivity index (χ1v) is 5.34. The molecule has 1 rings (SSSR count). The number of carbonyl (C=O) groups excluding carboxylic acids is 1. The summed E-state index contributed by atoms with van der Waals surface area (Å²) in [6.45, 7) is 2.27. The van der Waals surface area contributed by atoms with Gasteiger partial charge in [-0.15, -0.1) is 0 Å². The van der Waals surface area contributed by atoms with Gasteiger partial charge in [0.25, 0.3) is 0 Å². The molecule has 0 aliphatic rings. The molecule has 5 heteroatoms. The standard InChI is InChI=1S/C11H14ClNO3/c1-2-16-10-4-3-8(5-9(10)12)6-13-11(15)7-14/h3-5,14H,2,6-7H2,1H3,(H,13,15). The first-order chi connectivity index (χ1) is 7.67. The second-order valence-electron chi connectivity index (χ2n) is 3.13. The third kappa shape index (κ3) is 3.72. The molecule has 0 aromatic heterocycles. The number of aliphatic hydroxyl groups is 1. The Balaban J connectivity index is 2.62. The van der Waals surface area contributed by atoms with E-state index >= 15 is 0 Å². The number of halogens is 1. The molecular formula is C11H14ClNO3. The monoisotopic (exact) mass is 243 g/mol. The lowest BCUT2D eigenvalue weighted by molar-refractivity contribution is -0.123. The molecule has 0 spiro atoms. The predicted octanol–water partition coefficient (Wildman–Crippen LogP) is 1.35. The van der Waals surface area contributed by atoms with E-state index in [0.717, 1.165) is 5.56 Å². The number of ether oxygens (including phenoxy) is 1. The fraction of sp³-hybridized carbons (Fsp3) is 0.364. The minimum absolute atomic E-state index is 0.339. The molecule has 0 aliphatic heterocycles. The van der Waals surface area contributed by atoms with Crippen LogP contribution >= 0.6 is 11.6 Å². The minimum Gasteiger partial charge on any atom is -0.492 e. The number of rotatable bonds is 5. The Bertz CT molecular complexity index is 368. The molecule has 0 fully saturated rings. The van der Waals surface area contributed by atoms with Crippen molar-refractivity contribution in [2.75, 3.05) is 13.2 Å². The summed E-state index contributed by atoms with van der Waals surface area (Å²) in [7, 11) is 0. The zero-order chi connectivity index (χ0) is 12.0. The normalized spacial score (nSPS) is 9.94. The number of hydrogen-bond acceptors (Lipinski definition) is 3. The van der Waals surface area contributed by atoms with Crippen molar-refractivity contribution in [3.05, 3.63) is 28.8 Å². The average Bonchev–Trinajstić information content (AvgIpc) is 2.29. The molecule has 0 unspecified atom stereocenters. The molecule has 2 N–H and O–H groups in total. The van der Waals surface area contributed by atoms with E-state index in [1.165, 1.54) is 0 Å². The van der Waals surface area contributed by atoms with Gasteiger partial charge in [0.1, 0.15) is 12.4 Å². The summed E-state index contributed by atoms with van der Waals surface area (Å²) in [5.74, 6) is 0.214. The molecule has 0 atom stereocenters. The summed E-state index contributed by atoms with van der Waals surface area (Å²) >= 11 is 5.97. The van der Waals surface area contributed by atoms with Crippen molar-refractivity contribution < 1.29 is 14.6 Å².